The number of carbonyl (C=O) groups is 1. The van der Waals surface area contributed by atoms with Gasteiger partial charge < -0.3 is 15.2 Å². The summed E-state index contributed by atoms with van der Waals surface area (Å²) >= 11 is 0. The highest BCUT2D eigenvalue weighted by atomic mass is 35.5. The Balaban J connectivity index is 0.00000121. The summed E-state index contributed by atoms with van der Waals surface area (Å²) in [6.07, 6.45) is 0. The smallest absolute Gasteiger partial charge is 0.270 e. The van der Waals surface area contributed by atoms with E-state index in [1.165, 1.54) is 12.1 Å². The molecule has 140 valence electrons. The summed E-state index contributed by atoms with van der Waals surface area (Å²) in [5.74, 6) is 0.808. The van der Waals surface area contributed by atoms with Crippen LogP contribution in [0.25, 0.3) is 0 Å². The number of nitrogens with zero attached hydrogens (tertiary/aromatic N) is 1. The number of carbonyl (C=O) groups excluding carboxylic acids is 1. The second-order valence-corrected chi connectivity index (χ2v) is 6.81. The third-order valence-corrected chi connectivity index (χ3v) is 5.17. The van der Waals surface area contributed by atoms with Crippen LogP contribution in [0, 0.1) is 18.8 Å². The highest BCUT2D eigenvalue weighted by Gasteiger charge is 2.46. The Morgan fingerprint density at radius 2 is 1.85 bits per heavy atom. The minimum atomic E-state index is -0.132. The number of halogens is 2. The van der Waals surface area contributed by atoms with E-state index in [1.54, 1.807) is 6.92 Å². The normalized spacial score (nSPS) is 23.7. The Morgan fingerprint density at radius 3 is 2.54 bits per heavy atom. The van der Waals surface area contributed by atoms with Gasteiger partial charge in [-0.2, -0.15) is 0 Å². The van der Waals surface area contributed by atoms with Gasteiger partial charge in [0.1, 0.15) is 5.69 Å². The van der Waals surface area contributed by atoms with Gasteiger partial charge in [0.25, 0.3) is 5.91 Å². The predicted octanol–water partition coefficient (Wildman–Crippen LogP) is 2.56. The molecule has 2 aliphatic heterocycles. The molecule has 2 aromatic rings. The number of H-pyrrole nitrogens is 1. The largest absolute Gasteiger partial charge is 0.354 e. The summed E-state index contributed by atoms with van der Waals surface area (Å²) in [6, 6.07) is 13.2. The lowest BCUT2D eigenvalue weighted by Crippen LogP contribution is -2.35. The van der Waals surface area contributed by atoms with E-state index >= 15 is 0 Å². The van der Waals surface area contributed by atoms with E-state index in [1.807, 2.05) is 23.1 Å². The number of benzene rings is 1. The van der Waals surface area contributed by atoms with E-state index in [9.17, 15) is 9.59 Å². The summed E-state index contributed by atoms with van der Waals surface area (Å²) in [5, 5.41) is 3.45. The predicted molar refractivity (Wildman–Crippen MR) is 106 cm³/mol. The highest BCUT2D eigenvalue weighted by Crippen LogP contribution is 2.43. The first-order valence-electron chi connectivity index (χ1n) is 8.41. The van der Waals surface area contributed by atoms with Crippen molar-refractivity contribution in [2.75, 3.05) is 19.6 Å². The van der Waals surface area contributed by atoms with Gasteiger partial charge in [0.2, 0.25) is 0 Å². The number of fused-ring (bicyclic) bond motifs is 1. The lowest BCUT2D eigenvalue weighted by atomic mass is 9.89. The molecule has 3 atom stereocenters. The fourth-order valence-electron chi connectivity index (χ4n) is 4.16. The molecule has 2 aliphatic rings. The number of aromatic nitrogens is 1. The third-order valence-electron chi connectivity index (χ3n) is 5.17. The average Bonchev–Trinajstić information content (AvgIpc) is 3.14. The first-order valence-corrected chi connectivity index (χ1v) is 8.41. The minimum Gasteiger partial charge on any atom is -0.354 e. The van der Waals surface area contributed by atoms with Crippen LogP contribution in [-0.4, -0.2) is 35.4 Å². The van der Waals surface area contributed by atoms with Crippen molar-refractivity contribution < 1.29 is 4.79 Å². The molecular weight excluding hydrogens is 373 g/mol. The molecule has 2 fully saturated rings. The standard InChI is InChI=1S/C19H21N3O2.2ClH/c1-12-7-15(23)8-17(21-12)19(24)22-11-14-9-20-10-16(14)18(22)13-5-3-2-4-6-13;;/h2-8,14,16,18,20H,9-11H2,1H3,(H,21,23);2*1H/t14-,16-,18+;;/m0../s1. The minimum absolute atomic E-state index is 0. The molecule has 2 N–H and O–H groups in total. The van der Waals surface area contributed by atoms with Gasteiger partial charge >= 0.3 is 0 Å². The fraction of sp³-hybridized carbons (Fsp3) is 0.368. The number of likely N-dealkylation sites (tertiary alicyclic amines) is 1. The summed E-state index contributed by atoms with van der Waals surface area (Å²) in [5.41, 5.74) is 2.13. The Bertz CT molecular complexity index is 825. The first kappa shape index (κ1) is 20.5. The molecule has 5 nitrogen and oxygen atoms in total. The zero-order valence-electron chi connectivity index (χ0n) is 14.5. The zero-order chi connectivity index (χ0) is 16.7. The maximum atomic E-state index is 13.1. The van der Waals surface area contributed by atoms with Crippen molar-refractivity contribution in [2.45, 2.75) is 13.0 Å². The number of pyridine rings is 1. The summed E-state index contributed by atoms with van der Waals surface area (Å²) < 4.78 is 0. The molecule has 1 aromatic heterocycles. The van der Waals surface area contributed by atoms with Gasteiger partial charge in [0, 0.05) is 43.4 Å². The highest BCUT2D eigenvalue weighted by molar-refractivity contribution is 5.93. The van der Waals surface area contributed by atoms with Crippen LogP contribution in [0.15, 0.2) is 47.3 Å². The summed E-state index contributed by atoms with van der Waals surface area (Å²) in [4.78, 5) is 29.9. The average molecular weight is 396 g/mol. The van der Waals surface area contributed by atoms with Crippen molar-refractivity contribution in [1.82, 2.24) is 15.2 Å². The van der Waals surface area contributed by atoms with Gasteiger partial charge in [-0.15, -0.1) is 24.8 Å². The molecule has 4 rings (SSSR count). The molecule has 0 aliphatic carbocycles. The molecule has 0 radical (unpaired) electrons. The zero-order valence-corrected chi connectivity index (χ0v) is 16.1. The second kappa shape index (κ2) is 8.25. The molecule has 2 saturated heterocycles. The summed E-state index contributed by atoms with van der Waals surface area (Å²) in [6.45, 7) is 4.40. The van der Waals surface area contributed by atoms with E-state index in [0.29, 0.717) is 23.2 Å². The monoisotopic (exact) mass is 395 g/mol. The van der Waals surface area contributed by atoms with Crippen LogP contribution >= 0.6 is 24.8 Å². The van der Waals surface area contributed by atoms with E-state index in [2.05, 4.69) is 22.4 Å². The van der Waals surface area contributed by atoms with Gasteiger partial charge in [0.05, 0.1) is 6.04 Å². The molecule has 7 heteroatoms. The first-order chi connectivity index (χ1) is 11.6. The number of nitrogens with one attached hydrogen (secondary N) is 2. The van der Waals surface area contributed by atoms with Crippen LogP contribution in [0.5, 0.6) is 0 Å². The van der Waals surface area contributed by atoms with Crippen LogP contribution in [0.2, 0.25) is 0 Å². The van der Waals surface area contributed by atoms with Gasteiger partial charge in [-0.05, 0) is 18.4 Å². The number of aromatic amines is 1. The topological polar surface area (TPSA) is 65.2 Å². The van der Waals surface area contributed by atoms with E-state index in [4.69, 9.17) is 0 Å². The Labute approximate surface area is 165 Å². The van der Waals surface area contributed by atoms with Crippen molar-refractivity contribution in [1.29, 1.82) is 0 Å². The van der Waals surface area contributed by atoms with Crippen molar-refractivity contribution in [2.24, 2.45) is 11.8 Å². The van der Waals surface area contributed by atoms with Crippen LogP contribution in [0.4, 0.5) is 0 Å². The Kier molecular flexibility index (Phi) is 6.50. The number of hydrogen-bond acceptors (Lipinski definition) is 3. The van der Waals surface area contributed by atoms with Gasteiger partial charge in [-0.3, -0.25) is 9.59 Å². The van der Waals surface area contributed by atoms with Gasteiger partial charge in [0.15, 0.2) is 5.43 Å². The van der Waals surface area contributed by atoms with E-state index in [0.717, 1.165) is 25.2 Å². The lowest BCUT2D eigenvalue weighted by Gasteiger charge is -2.28. The maximum Gasteiger partial charge on any atom is 0.270 e. The van der Waals surface area contributed by atoms with Crippen LogP contribution in [-0.2, 0) is 0 Å². The van der Waals surface area contributed by atoms with E-state index in [-0.39, 0.29) is 42.2 Å². The number of rotatable bonds is 2. The number of amides is 1. The Hall–Kier alpha value is -1.82. The molecule has 0 spiro atoms. The van der Waals surface area contributed by atoms with Crippen molar-refractivity contribution in [3.63, 3.8) is 0 Å². The molecule has 0 saturated carbocycles. The van der Waals surface area contributed by atoms with Gasteiger partial charge in [-0.1, -0.05) is 30.3 Å². The SMILES string of the molecule is Cc1cc(=O)cc(C(=O)N2C[C@@H]3CNC[C@@H]3[C@H]2c2ccccc2)[nH]1.Cl.Cl. The molecule has 0 bridgehead atoms. The molecule has 26 heavy (non-hydrogen) atoms. The van der Waals surface area contributed by atoms with Crippen molar-refractivity contribution in [3.05, 3.63) is 69.6 Å². The maximum absolute atomic E-state index is 13.1. The number of hydrogen-bond donors (Lipinski definition) is 2. The molecule has 3 heterocycles. The second-order valence-electron chi connectivity index (χ2n) is 6.81. The van der Waals surface area contributed by atoms with Crippen LogP contribution in [0.1, 0.15) is 27.8 Å². The fourth-order valence-corrected chi connectivity index (χ4v) is 4.16. The van der Waals surface area contributed by atoms with Crippen LogP contribution < -0.4 is 10.7 Å². The third kappa shape index (κ3) is 3.65. The molecular formula is C19H23Cl2N3O2. The van der Waals surface area contributed by atoms with Crippen molar-refractivity contribution >= 4 is 30.7 Å². The van der Waals surface area contributed by atoms with Crippen molar-refractivity contribution in [3.8, 4) is 0 Å². The quantitative estimate of drug-likeness (QED) is 0.820. The van der Waals surface area contributed by atoms with Crippen LogP contribution in [0.3, 0.4) is 0 Å². The molecule has 0 unspecified atom stereocenters. The molecule has 1 aromatic carbocycles. The molecule has 1 amide bonds. The Morgan fingerprint density at radius 1 is 1.12 bits per heavy atom. The van der Waals surface area contributed by atoms with E-state index < -0.39 is 0 Å². The van der Waals surface area contributed by atoms with Gasteiger partial charge in [-0.25, -0.2) is 0 Å². The number of aryl methyl sites for hydroxylation is 1. The summed E-state index contributed by atoms with van der Waals surface area (Å²) in [7, 11) is 0. The lowest BCUT2D eigenvalue weighted by molar-refractivity contribution is 0.0707.